The van der Waals surface area contributed by atoms with Crippen molar-refractivity contribution in [2.75, 3.05) is 13.2 Å². The van der Waals surface area contributed by atoms with Gasteiger partial charge in [0.2, 0.25) is 0 Å². The van der Waals surface area contributed by atoms with Gasteiger partial charge in [0.25, 0.3) is 5.91 Å². The molecule has 0 bridgehead atoms. The number of amides is 1. The van der Waals surface area contributed by atoms with Gasteiger partial charge >= 0.3 is 12.2 Å². The second kappa shape index (κ2) is 5.43. The van der Waals surface area contributed by atoms with Crippen LogP contribution >= 0.6 is 15.9 Å². The first-order valence-electron chi connectivity index (χ1n) is 5.79. The topological polar surface area (TPSA) is 29.5 Å². The molecule has 1 amide bonds. The average molecular weight is 374 g/mol. The molecule has 3 nitrogen and oxygen atoms in total. The number of benzene rings is 1. The Bertz CT molecular complexity index is 561. The number of hydrogen-bond donors (Lipinski definition) is 0. The lowest BCUT2D eigenvalue weighted by molar-refractivity contribution is -0.189. The summed E-state index contributed by atoms with van der Waals surface area (Å²) in [7, 11) is 0. The van der Waals surface area contributed by atoms with Crippen molar-refractivity contribution in [3.63, 3.8) is 0 Å². The molecule has 1 aliphatic rings. The van der Waals surface area contributed by atoms with Crippen molar-refractivity contribution >= 4 is 21.8 Å². The molecule has 1 aromatic carbocycles. The van der Waals surface area contributed by atoms with E-state index in [9.17, 15) is 26.7 Å². The monoisotopic (exact) mass is 373 g/mol. The molecule has 0 aromatic heterocycles. The van der Waals surface area contributed by atoms with Gasteiger partial charge in [-0.15, -0.1) is 0 Å². The summed E-state index contributed by atoms with van der Waals surface area (Å²) >= 11 is 3.02. The van der Waals surface area contributed by atoms with E-state index in [1.807, 2.05) is 0 Å². The Morgan fingerprint density at radius 3 is 2.52 bits per heavy atom. The number of likely N-dealkylation sites (tertiary alicyclic amines) is 1. The first kappa shape index (κ1) is 16.0. The zero-order valence-corrected chi connectivity index (χ0v) is 12.0. The fourth-order valence-corrected chi connectivity index (χ4v) is 2.08. The smallest absolute Gasteiger partial charge is 0.422 e. The van der Waals surface area contributed by atoms with Gasteiger partial charge in [0, 0.05) is 17.4 Å². The van der Waals surface area contributed by atoms with Gasteiger partial charge in [0.15, 0.2) is 6.61 Å². The summed E-state index contributed by atoms with van der Waals surface area (Å²) < 4.78 is 67.9. The molecule has 9 heteroatoms. The van der Waals surface area contributed by atoms with E-state index in [0.29, 0.717) is 9.37 Å². The molecule has 1 heterocycles. The van der Waals surface area contributed by atoms with Crippen molar-refractivity contribution in [1.29, 1.82) is 0 Å². The lowest BCUT2D eigenvalue weighted by Crippen LogP contribution is -2.56. The fourth-order valence-electron chi connectivity index (χ4n) is 1.74. The number of alkyl halides is 5. The number of nitrogens with zero attached hydrogens (tertiary/aromatic N) is 1. The molecule has 1 saturated heterocycles. The molecule has 2 rings (SSSR count). The molecule has 1 aliphatic heterocycles. The van der Waals surface area contributed by atoms with E-state index < -0.39 is 36.9 Å². The van der Waals surface area contributed by atoms with E-state index in [-0.39, 0.29) is 12.1 Å². The predicted molar refractivity (Wildman–Crippen MR) is 66.3 cm³/mol. The molecule has 0 aliphatic carbocycles. The maximum atomic E-state index is 13.2. The van der Waals surface area contributed by atoms with Crippen LogP contribution in [0, 0.1) is 0 Å². The second-order valence-corrected chi connectivity index (χ2v) is 5.33. The van der Waals surface area contributed by atoms with Crippen LogP contribution in [0.25, 0.3) is 0 Å². The molecule has 1 aromatic rings. The maximum absolute atomic E-state index is 13.2. The molecule has 0 N–H and O–H groups in total. The minimum absolute atomic E-state index is 0.152. The molecular formula is C12H9BrF5NO2. The van der Waals surface area contributed by atoms with Gasteiger partial charge in [0.05, 0.1) is 5.56 Å². The zero-order valence-electron chi connectivity index (χ0n) is 10.4. The Morgan fingerprint density at radius 2 is 2.05 bits per heavy atom. The summed E-state index contributed by atoms with van der Waals surface area (Å²) in [5, 5.41) is 0. The maximum Gasteiger partial charge on any atom is 0.422 e. The molecule has 116 valence electrons. The normalized spacial score (nSPS) is 17.3. The van der Waals surface area contributed by atoms with Crippen molar-refractivity contribution in [2.45, 2.75) is 18.6 Å². The quantitative estimate of drug-likeness (QED) is 0.595. The van der Waals surface area contributed by atoms with E-state index in [0.717, 1.165) is 12.1 Å². The van der Waals surface area contributed by atoms with Crippen molar-refractivity contribution in [3.8, 4) is 5.75 Å². The van der Waals surface area contributed by atoms with E-state index in [1.54, 1.807) is 0 Å². The van der Waals surface area contributed by atoms with Crippen molar-refractivity contribution < 1.29 is 31.5 Å². The summed E-state index contributed by atoms with van der Waals surface area (Å²) in [6.45, 7) is -1.76. The molecule has 0 unspecified atom stereocenters. The van der Waals surface area contributed by atoms with Crippen molar-refractivity contribution in [2.24, 2.45) is 0 Å². The number of carbonyl (C=O) groups is 1. The second-order valence-electron chi connectivity index (χ2n) is 4.42. The van der Waals surface area contributed by atoms with Crippen LogP contribution in [0.2, 0.25) is 0 Å². The zero-order chi connectivity index (χ0) is 15.8. The van der Waals surface area contributed by atoms with Gasteiger partial charge in [-0.05, 0) is 18.2 Å². The fraction of sp³-hybridized carbons (Fsp3) is 0.417. The number of ether oxygens (including phenoxy) is 1. The SMILES string of the molecule is O=C(c1ccc(Br)cc1OCC(F)(F)F)N1CCC1(F)F. The lowest BCUT2D eigenvalue weighted by Gasteiger charge is -2.40. The van der Waals surface area contributed by atoms with Gasteiger partial charge in [-0.2, -0.15) is 22.0 Å². The van der Waals surface area contributed by atoms with Crippen LogP contribution in [0.5, 0.6) is 5.75 Å². The number of halogens is 6. The van der Waals surface area contributed by atoms with E-state index in [4.69, 9.17) is 0 Å². The molecule has 0 saturated carbocycles. The van der Waals surface area contributed by atoms with Crippen LogP contribution in [0.1, 0.15) is 16.8 Å². The van der Waals surface area contributed by atoms with Crippen LogP contribution in [0.4, 0.5) is 22.0 Å². The molecule has 1 fully saturated rings. The molecule has 0 radical (unpaired) electrons. The lowest BCUT2D eigenvalue weighted by atomic mass is 10.1. The Morgan fingerprint density at radius 1 is 1.38 bits per heavy atom. The predicted octanol–water partition coefficient (Wildman–Crippen LogP) is 3.83. The Hall–Kier alpha value is -1.38. The third kappa shape index (κ3) is 3.63. The Labute approximate surface area is 124 Å². The molecule has 0 atom stereocenters. The highest BCUT2D eigenvalue weighted by Gasteiger charge is 2.49. The van der Waals surface area contributed by atoms with E-state index >= 15 is 0 Å². The minimum Gasteiger partial charge on any atom is -0.483 e. The van der Waals surface area contributed by atoms with Crippen LogP contribution in [0.15, 0.2) is 22.7 Å². The third-order valence-corrected chi connectivity index (χ3v) is 3.33. The highest BCUT2D eigenvalue weighted by molar-refractivity contribution is 9.10. The largest absolute Gasteiger partial charge is 0.483 e. The van der Waals surface area contributed by atoms with Crippen molar-refractivity contribution in [1.82, 2.24) is 4.90 Å². The summed E-state index contributed by atoms with van der Waals surface area (Å²) in [4.78, 5) is 12.3. The van der Waals surface area contributed by atoms with Crippen LogP contribution in [-0.2, 0) is 0 Å². The van der Waals surface area contributed by atoms with E-state index in [1.165, 1.54) is 6.07 Å². The van der Waals surface area contributed by atoms with Crippen LogP contribution in [-0.4, -0.2) is 36.2 Å². The minimum atomic E-state index is -4.59. The number of rotatable bonds is 3. The first-order valence-corrected chi connectivity index (χ1v) is 6.58. The standard InChI is InChI=1S/C12H9BrF5NO2/c13-7-1-2-8(9(5-7)21-6-11(14,15)16)10(20)19-4-3-12(19,17)18/h1-2,5H,3-4,6H2. The van der Waals surface area contributed by atoms with Gasteiger partial charge in [0.1, 0.15) is 5.75 Å². The summed E-state index contributed by atoms with van der Waals surface area (Å²) in [6.07, 6.45) is -5.06. The summed E-state index contributed by atoms with van der Waals surface area (Å²) in [6, 6.07) is 0.375. The van der Waals surface area contributed by atoms with Crippen LogP contribution < -0.4 is 4.74 Å². The average Bonchev–Trinajstić information content (AvgIpc) is 2.34. The van der Waals surface area contributed by atoms with Gasteiger partial charge in [-0.3, -0.25) is 9.69 Å². The summed E-state index contributed by atoms with van der Waals surface area (Å²) in [5.74, 6) is -1.45. The molecule has 21 heavy (non-hydrogen) atoms. The molecule has 0 spiro atoms. The Kier molecular flexibility index (Phi) is 4.14. The summed E-state index contributed by atoms with van der Waals surface area (Å²) in [5.41, 5.74) is -0.332. The van der Waals surface area contributed by atoms with E-state index in [2.05, 4.69) is 20.7 Å². The number of carbonyl (C=O) groups excluding carboxylic acids is 1. The highest BCUT2D eigenvalue weighted by atomic mass is 79.9. The molecular weight excluding hydrogens is 365 g/mol. The Balaban J connectivity index is 2.24. The van der Waals surface area contributed by atoms with Gasteiger partial charge < -0.3 is 4.74 Å². The van der Waals surface area contributed by atoms with Gasteiger partial charge in [-0.25, -0.2) is 0 Å². The van der Waals surface area contributed by atoms with Crippen LogP contribution in [0.3, 0.4) is 0 Å². The first-order chi connectivity index (χ1) is 9.60. The van der Waals surface area contributed by atoms with Gasteiger partial charge in [-0.1, -0.05) is 15.9 Å². The number of hydrogen-bond acceptors (Lipinski definition) is 2. The highest BCUT2D eigenvalue weighted by Crippen LogP contribution is 2.37. The third-order valence-electron chi connectivity index (χ3n) is 2.84. The van der Waals surface area contributed by atoms with Crippen molar-refractivity contribution in [3.05, 3.63) is 28.2 Å².